The minimum atomic E-state index is -0.0629. The van der Waals surface area contributed by atoms with Crippen molar-refractivity contribution in [3.63, 3.8) is 0 Å². The fourth-order valence-corrected chi connectivity index (χ4v) is 1.99. The molecule has 0 aliphatic heterocycles. The monoisotopic (exact) mass is 312 g/mol. The fraction of sp³-hybridized carbons (Fsp3) is 0.214. The molecule has 1 heterocycles. The highest BCUT2D eigenvalue weighted by Gasteiger charge is 2.04. The second-order valence-corrected chi connectivity index (χ2v) is 5.00. The third kappa shape index (κ3) is 4.47. The molecular formula is C14H14Cl2N2O2. The van der Waals surface area contributed by atoms with Crippen molar-refractivity contribution >= 4 is 34.8 Å². The number of hydrogen-bond donors (Lipinski definition) is 2. The maximum Gasteiger partial charge on any atom is 0.222 e. The van der Waals surface area contributed by atoms with Gasteiger partial charge in [0.2, 0.25) is 5.91 Å². The zero-order chi connectivity index (χ0) is 14.4. The smallest absolute Gasteiger partial charge is 0.222 e. The van der Waals surface area contributed by atoms with Crippen molar-refractivity contribution in [3.05, 3.63) is 52.4 Å². The van der Waals surface area contributed by atoms with E-state index >= 15 is 0 Å². The number of carbonyl (C=O) groups is 1. The van der Waals surface area contributed by atoms with E-state index in [0.29, 0.717) is 29.6 Å². The number of rotatable bonds is 6. The van der Waals surface area contributed by atoms with Crippen LogP contribution in [0.3, 0.4) is 0 Å². The van der Waals surface area contributed by atoms with Crippen molar-refractivity contribution in [3.8, 4) is 0 Å². The van der Waals surface area contributed by atoms with Gasteiger partial charge >= 0.3 is 0 Å². The van der Waals surface area contributed by atoms with Crippen LogP contribution in [0.25, 0.3) is 0 Å². The molecule has 0 saturated heterocycles. The topological polar surface area (TPSA) is 54.3 Å². The zero-order valence-corrected chi connectivity index (χ0v) is 12.2. The number of nitrogens with one attached hydrogen (secondary N) is 2. The predicted octanol–water partition coefficient (Wildman–Crippen LogP) is 3.70. The van der Waals surface area contributed by atoms with Crippen molar-refractivity contribution in [2.75, 3.05) is 11.9 Å². The first-order valence-corrected chi connectivity index (χ1v) is 6.89. The van der Waals surface area contributed by atoms with Crippen LogP contribution in [0.1, 0.15) is 12.2 Å². The Labute approximate surface area is 127 Å². The van der Waals surface area contributed by atoms with E-state index in [1.54, 1.807) is 30.5 Å². The average molecular weight is 313 g/mol. The van der Waals surface area contributed by atoms with Crippen LogP contribution in [0.4, 0.5) is 5.69 Å². The van der Waals surface area contributed by atoms with Crippen LogP contribution in [-0.2, 0) is 11.3 Å². The summed E-state index contributed by atoms with van der Waals surface area (Å²) in [5, 5.41) is 7.01. The Hall–Kier alpha value is -1.65. The Morgan fingerprint density at radius 2 is 2.10 bits per heavy atom. The van der Waals surface area contributed by atoms with Crippen molar-refractivity contribution in [2.24, 2.45) is 0 Å². The lowest BCUT2D eigenvalue weighted by molar-refractivity contribution is -0.121. The lowest BCUT2D eigenvalue weighted by Crippen LogP contribution is -2.24. The summed E-state index contributed by atoms with van der Waals surface area (Å²) in [6.45, 7) is 0.869. The molecule has 1 aromatic heterocycles. The molecule has 0 saturated carbocycles. The maximum atomic E-state index is 11.6. The van der Waals surface area contributed by atoms with Gasteiger partial charge in [0.25, 0.3) is 0 Å². The van der Waals surface area contributed by atoms with Gasteiger partial charge in [-0.3, -0.25) is 4.79 Å². The number of halogens is 2. The Balaban J connectivity index is 1.72. The normalized spacial score (nSPS) is 10.3. The summed E-state index contributed by atoms with van der Waals surface area (Å²) in [5.74, 6) is 0.663. The molecular weight excluding hydrogens is 299 g/mol. The Morgan fingerprint density at radius 1 is 1.25 bits per heavy atom. The van der Waals surface area contributed by atoms with Crippen LogP contribution < -0.4 is 10.6 Å². The summed E-state index contributed by atoms with van der Waals surface area (Å²) in [6, 6.07) is 8.74. The highest BCUT2D eigenvalue weighted by Crippen LogP contribution is 2.25. The minimum absolute atomic E-state index is 0.0629. The van der Waals surface area contributed by atoms with E-state index in [1.165, 1.54) is 0 Å². The van der Waals surface area contributed by atoms with Crippen molar-refractivity contribution in [1.82, 2.24) is 5.32 Å². The Morgan fingerprint density at radius 3 is 2.85 bits per heavy atom. The molecule has 0 unspecified atom stereocenters. The predicted molar refractivity (Wildman–Crippen MR) is 80.1 cm³/mol. The molecule has 2 rings (SSSR count). The molecule has 0 spiro atoms. The van der Waals surface area contributed by atoms with Crippen LogP contribution in [0.2, 0.25) is 10.0 Å². The maximum absolute atomic E-state index is 11.6. The van der Waals surface area contributed by atoms with E-state index in [0.717, 1.165) is 11.4 Å². The van der Waals surface area contributed by atoms with Gasteiger partial charge in [0, 0.05) is 18.0 Å². The summed E-state index contributed by atoms with van der Waals surface area (Å²) in [6.07, 6.45) is 1.91. The van der Waals surface area contributed by atoms with E-state index < -0.39 is 0 Å². The van der Waals surface area contributed by atoms with E-state index in [1.807, 2.05) is 6.07 Å². The van der Waals surface area contributed by atoms with Crippen LogP contribution in [0.5, 0.6) is 0 Å². The summed E-state index contributed by atoms with van der Waals surface area (Å²) in [5.41, 5.74) is 0.720. The van der Waals surface area contributed by atoms with Gasteiger partial charge in [0.15, 0.2) is 0 Å². The molecule has 0 aliphatic carbocycles. The van der Waals surface area contributed by atoms with E-state index in [4.69, 9.17) is 27.6 Å². The van der Waals surface area contributed by atoms with Crippen LogP contribution in [-0.4, -0.2) is 12.5 Å². The Bertz CT molecular complexity index is 571. The van der Waals surface area contributed by atoms with Gasteiger partial charge in [-0.15, -0.1) is 0 Å². The SMILES string of the molecule is O=C(CCNc1cc(Cl)ccc1Cl)NCc1ccco1. The summed E-state index contributed by atoms with van der Waals surface area (Å²) in [4.78, 5) is 11.6. The first kappa shape index (κ1) is 14.8. The first-order valence-electron chi connectivity index (χ1n) is 6.13. The third-order valence-corrected chi connectivity index (χ3v) is 3.20. The van der Waals surface area contributed by atoms with Crippen LogP contribution in [0, 0.1) is 0 Å². The van der Waals surface area contributed by atoms with Gasteiger partial charge in [-0.2, -0.15) is 0 Å². The molecule has 0 radical (unpaired) electrons. The zero-order valence-electron chi connectivity index (χ0n) is 10.7. The van der Waals surface area contributed by atoms with Gasteiger partial charge in [0.1, 0.15) is 5.76 Å². The van der Waals surface area contributed by atoms with Gasteiger partial charge in [-0.05, 0) is 30.3 Å². The van der Waals surface area contributed by atoms with Crippen molar-refractivity contribution in [2.45, 2.75) is 13.0 Å². The molecule has 0 fully saturated rings. The molecule has 0 aliphatic rings. The van der Waals surface area contributed by atoms with Crippen molar-refractivity contribution < 1.29 is 9.21 Å². The van der Waals surface area contributed by atoms with E-state index in [-0.39, 0.29) is 5.91 Å². The molecule has 106 valence electrons. The fourth-order valence-electron chi connectivity index (χ4n) is 1.63. The third-order valence-electron chi connectivity index (χ3n) is 2.64. The Kier molecular flexibility index (Phi) is 5.32. The highest BCUT2D eigenvalue weighted by atomic mass is 35.5. The number of benzene rings is 1. The number of furan rings is 1. The van der Waals surface area contributed by atoms with Gasteiger partial charge in [0.05, 0.1) is 23.5 Å². The quantitative estimate of drug-likeness (QED) is 0.855. The molecule has 2 N–H and O–H groups in total. The second kappa shape index (κ2) is 7.22. The van der Waals surface area contributed by atoms with E-state index in [9.17, 15) is 4.79 Å². The molecule has 0 bridgehead atoms. The molecule has 4 nitrogen and oxygen atoms in total. The lowest BCUT2D eigenvalue weighted by Gasteiger charge is -2.08. The summed E-state index contributed by atoms with van der Waals surface area (Å²) < 4.78 is 5.12. The molecule has 1 amide bonds. The van der Waals surface area contributed by atoms with Crippen LogP contribution >= 0.6 is 23.2 Å². The molecule has 1 aromatic carbocycles. The lowest BCUT2D eigenvalue weighted by atomic mass is 10.3. The summed E-state index contributed by atoms with van der Waals surface area (Å²) >= 11 is 11.9. The molecule has 20 heavy (non-hydrogen) atoms. The standard InChI is InChI=1S/C14H14Cl2N2O2/c15-10-3-4-12(16)13(8-10)17-6-5-14(19)18-9-11-2-1-7-20-11/h1-4,7-8,17H,5-6,9H2,(H,18,19). The van der Waals surface area contributed by atoms with Crippen molar-refractivity contribution in [1.29, 1.82) is 0 Å². The summed E-state index contributed by atoms with van der Waals surface area (Å²) in [7, 11) is 0. The molecule has 6 heteroatoms. The van der Waals surface area contributed by atoms with Gasteiger partial charge < -0.3 is 15.1 Å². The molecule has 2 aromatic rings. The van der Waals surface area contributed by atoms with E-state index in [2.05, 4.69) is 10.6 Å². The number of anilines is 1. The number of hydrogen-bond acceptors (Lipinski definition) is 3. The van der Waals surface area contributed by atoms with Gasteiger partial charge in [-0.25, -0.2) is 0 Å². The minimum Gasteiger partial charge on any atom is -0.467 e. The molecule has 0 atom stereocenters. The average Bonchev–Trinajstić information content (AvgIpc) is 2.93. The first-order chi connectivity index (χ1) is 9.65. The largest absolute Gasteiger partial charge is 0.467 e. The number of amides is 1. The highest BCUT2D eigenvalue weighted by molar-refractivity contribution is 6.35. The van der Waals surface area contributed by atoms with Gasteiger partial charge in [-0.1, -0.05) is 23.2 Å². The number of carbonyl (C=O) groups excluding carboxylic acids is 1. The van der Waals surface area contributed by atoms with Crippen LogP contribution in [0.15, 0.2) is 41.0 Å². The second-order valence-electron chi connectivity index (χ2n) is 4.16.